The maximum atomic E-state index is 13.4. The van der Waals surface area contributed by atoms with Gasteiger partial charge in [0.05, 0.1) is 17.3 Å². The minimum atomic E-state index is -0.527. The highest BCUT2D eigenvalue weighted by Gasteiger charge is 2.25. The molecule has 6 heteroatoms. The fourth-order valence-corrected chi connectivity index (χ4v) is 3.50. The lowest BCUT2D eigenvalue weighted by Crippen LogP contribution is -2.32. The van der Waals surface area contributed by atoms with E-state index in [1.807, 2.05) is 73.7 Å². The first-order valence-corrected chi connectivity index (χ1v) is 10.2. The molecule has 0 aliphatic rings. The average Bonchev–Trinajstić information content (AvgIpc) is 2.85. The van der Waals surface area contributed by atoms with Crippen molar-refractivity contribution in [1.82, 2.24) is 9.78 Å². The number of benzene rings is 3. The van der Waals surface area contributed by atoms with Crippen molar-refractivity contribution in [3.05, 3.63) is 106 Å². The van der Waals surface area contributed by atoms with Crippen LogP contribution in [0.25, 0.3) is 22.4 Å². The van der Waals surface area contributed by atoms with Gasteiger partial charge in [0, 0.05) is 23.4 Å². The van der Waals surface area contributed by atoms with E-state index >= 15 is 0 Å². The molecular formula is C26H20N4O2. The summed E-state index contributed by atoms with van der Waals surface area (Å²) in [6, 6.07) is 27.3. The van der Waals surface area contributed by atoms with Crippen LogP contribution in [0.4, 0.5) is 5.69 Å². The fraction of sp³-hybridized carbons (Fsp3) is 0.0769. The third kappa shape index (κ3) is 4.05. The summed E-state index contributed by atoms with van der Waals surface area (Å²) in [4.78, 5) is 26.7. The Labute approximate surface area is 185 Å². The molecule has 1 aromatic heterocycles. The van der Waals surface area contributed by atoms with Crippen LogP contribution < -0.4 is 10.9 Å². The van der Waals surface area contributed by atoms with Gasteiger partial charge in [-0.3, -0.25) is 9.59 Å². The van der Waals surface area contributed by atoms with Gasteiger partial charge < -0.3 is 5.32 Å². The van der Waals surface area contributed by atoms with Crippen molar-refractivity contribution >= 4 is 11.6 Å². The number of hydrogen-bond acceptors (Lipinski definition) is 4. The number of anilines is 1. The summed E-state index contributed by atoms with van der Waals surface area (Å²) in [5.74, 6) is -0.527. The minimum Gasteiger partial charge on any atom is -0.322 e. The standard InChI is InChI=1S/C26H20N4O2/c1-2-30-26(32)23(25(31)28-21-15-13-18(17-27)14-16-21)22(19-9-5-3-6-10-19)24(29-30)20-11-7-4-8-12-20/h3-16H,2H2,1H3,(H,28,31). The summed E-state index contributed by atoms with van der Waals surface area (Å²) in [5.41, 5.74) is 3.12. The maximum absolute atomic E-state index is 13.4. The predicted molar refractivity (Wildman–Crippen MR) is 124 cm³/mol. The lowest BCUT2D eigenvalue weighted by atomic mass is 9.95. The summed E-state index contributed by atoms with van der Waals surface area (Å²) >= 11 is 0. The second-order valence-corrected chi connectivity index (χ2v) is 7.09. The van der Waals surface area contributed by atoms with Crippen LogP contribution in [0.1, 0.15) is 22.8 Å². The van der Waals surface area contributed by atoms with Gasteiger partial charge in [0.15, 0.2) is 0 Å². The molecule has 0 atom stereocenters. The van der Waals surface area contributed by atoms with Gasteiger partial charge in [-0.2, -0.15) is 10.4 Å². The Morgan fingerprint density at radius 1 is 0.938 bits per heavy atom. The van der Waals surface area contributed by atoms with E-state index in [2.05, 4.69) is 10.4 Å². The first-order chi connectivity index (χ1) is 15.6. The second-order valence-electron chi connectivity index (χ2n) is 7.09. The third-order valence-corrected chi connectivity index (χ3v) is 5.06. The molecule has 6 nitrogen and oxygen atoms in total. The van der Waals surface area contributed by atoms with Crippen molar-refractivity contribution in [3.63, 3.8) is 0 Å². The number of rotatable bonds is 5. The Morgan fingerprint density at radius 2 is 1.53 bits per heavy atom. The van der Waals surface area contributed by atoms with E-state index in [1.165, 1.54) is 4.68 Å². The predicted octanol–water partition coefficient (Wildman–Crippen LogP) is 4.72. The Morgan fingerprint density at radius 3 is 2.09 bits per heavy atom. The molecular weight excluding hydrogens is 400 g/mol. The quantitative estimate of drug-likeness (QED) is 0.506. The van der Waals surface area contributed by atoms with Gasteiger partial charge in [0.25, 0.3) is 11.5 Å². The van der Waals surface area contributed by atoms with E-state index in [0.29, 0.717) is 29.1 Å². The van der Waals surface area contributed by atoms with Crippen molar-refractivity contribution < 1.29 is 4.79 Å². The molecule has 1 amide bonds. The number of nitriles is 1. The first kappa shape index (κ1) is 20.8. The highest BCUT2D eigenvalue weighted by molar-refractivity contribution is 6.10. The molecule has 0 bridgehead atoms. The molecule has 4 rings (SSSR count). The number of aromatic nitrogens is 2. The average molecular weight is 420 g/mol. The molecule has 0 saturated carbocycles. The van der Waals surface area contributed by atoms with Crippen molar-refractivity contribution in [1.29, 1.82) is 5.26 Å². The van der Waals surface area contributed by atoms with Gasteiger partial charge in [-0.15, -0.1) is 0 Å². The summed E-state index contributed by atoms with van der Waals surface area (Å²) < 4.78 is 1.31. The van der Waals surface area contributed by atoms with E-state index in [-0.39, 0.29) is 5.56 Å². The van der Waals surface area contributed by atoms with E-state index < -0.39 is 11.5 Å². The highest BCUT2D eigenvalue weighted by atomic mass is 16.2. The van der Waals surface area contributed by atoms with E-state index in [4.69, 9.17) is 5.26 Å². The zero-order chi connectivity index (χ0) is 22.5. The molecule has 156 valence electrons. The van der Waals surface area contributed by atoms with E-state index in [0.717, 1.165) is 11.1 Å². The second kappa shape index (κ2) is 9.11. The molecule has 1 heterocycles. The van der Waals surface area contributed by atoms with Crippen molar-refractivity contribution in [3.8, 4) is 28.5 Å². The molecule has 0 aliphatic heterocycles. The summed E-state index contributed by atoms with van der Waals surface area (Å²) in [5, 5.41) is 16.4. The number of carbonyl (C=O) groups is 1. The molecule has 3 aromatic carbocycles. The van der Waals surface area contributed by atoms with Gasteiger partial charge in [-0.25, -0.2) is 4.68 Å². The lowest BCUT2D eigenvalue weighted by molar-refractivity contribution is 0.102. The Balaban J connectivity index is 1.94. The SMILES string of the molecule is CCn1nc(-c2ccccc2)c(-c2ccccc2)c(C(=O)Nc2ccc(C#N)cc2)c1=O. The molecule has 4 aromatic rings. The zero-order valence-electron chi connectivity index (χ0n) is 17.4. The lowest BCUT2D eigenvalue weighted by Gasteiger charge is -2.17. The normalized spacial score (nSPS) is 10.4. The monoisotopic (exact) mass is 420 g/mol. The first-order valence-electron chi connectivity index (χ1n) is 10.2. The van der Waals surface area contributed by atoms with Crippen LogP contribution in [0.5, 0.6) is 0 Å². The fourth-order valence-electron chi connectivity index (χ4n) is 3.50. The molecule has 0 spiro atoms. The molecule has 32 heavy (non-hydrogen) atoms. The van der Waals surface area contributed by atoms with E-state index in [9.17, 15) is 9.59 Å². The van der Waals surface area contributed by atoms with Gasteiger partial charge in [0.1, 0.15) is 5.56 Å². The van der Waals surface area contributed by atoms with Crippen LogP contribution >= 0.6 is 0 Å². The Hall–Kier alpha value is -4.50. The summed E-state index contributed by atoms with van der Waals surface area (Å²) in [6.45, 7) is 2.14. The van der Waals surface area contributed by atoms with Gasteiger partial charge in [0.2, 0.25) is 0 Å². The molecule has 0 saturated heterocycles. The molecule has 0 radical (unpaired) electrons. The molecule has 1 N–H and O–H groups in total. The van der Waals surface area contributed by atoms with Crippen LogP contribution in [0, 0.1) is 11.3 Å². The number of hydrogen-bond donors (Lipinski definition) is 1. The Kier molecular flexibility index (Phi) is 5.91. The number of amides is 1. The molecule has 0 unspecified atom stereocenters. The number of nitrogens with one attached hydrogen (secondary N) is 1. The number of carbonyl (C=O) groups excluding carboxylic acids is 1. The topological polar surface area (TPSA) is 87.8 Å². The summed E-state index contributed by atoms with van der Waals surface area (Å²) in [6.07, 6.45) is 0. The van der Waals surface area contributed by atoms with Crippen LogP contribution in [-0.4, -0.2) is 15.7 Å². The van der Waals surface area contributed by atoms with E-state index in [1.54, 1.807) is 24.3 Å². The highest BCUT2D eigenvalue weighted by Crippen LogP contribution is 2.32. The third-order valence-electron chi connectivity index (χ3n) is 5.06. The van der Waals surface area contributed by atoms with Crippen molar-refractivity contribution in [2.45, 2.75) is 13.5 Å². The molecule has 0 aliphatic carbocycles. The van der Waals surface area contributed by atoms with Crippen molar-refractivity contribution in [2.75, 3.05) is 5.32 Å². The van der Waals surface area contributed by atoms with Gasteiger partial charge in [-0.05, 0) is 36.8 Å². The number of aryl methyl sites for hydroxylation is 1. The van der Waals surface area contributed by atoms with Crippen molar-refractivity contribution in [2.24, 2.45) is 0 Å². The molecule has 0 fully saturated rings. The zero-order valence-corrected chi connectivity index (χ0v) is 17.4. The summed E-state index contributed by atoms with van der Waals surface area (Å²) in [7, 11) is 0. The van der Waals surface area contributed by atoms with Crippen LogP contribution in [0.2, 0.25) is 0 Å². The van der Waals surface area contributed by atoms with Gasteiger partial charge >= 0.3 is 0 Å². The van der Waals surface area contributed by atoms with Crippen LogP contribution in [0.15, 0.2) is 89.7 Å². The van der Waals surface area contributed by atoms with Crippen LogP contribution in [-0.2, 0) is 6.54 Å². The maximum Gasteiger partial charge on any atom is 0.280 e. The minimum absolute atomic E-state index is 0.0243. The number of nitrogens with zero attached hydrogens (tertiary/aromatic N) is 3. The Bertz CT molecular complexity index is 1350. The van der Waals surface area contributed by atoms with Gasteiger partial charge in [-0.1, -0.05) is 60.7 Å². The largest absolute Gasteiger partial charge is 0.322 e. The smallest absolute Gasteiger partial charge is 0.280 e. The van der Waals surface area contributed by atoms with Crippen LogP contribution in [0.3, 0.4) is 0 Å².